The molecule has 0 bridgehead atoms. The van der Waals surface area contributed by atoms with Gasteiger partial charge < -0.3 is 10.6 Å². The van der Waals surface area contributed by atoms with Gasteiger partial charge in [-0.05, 0) is 30.7 Å². The topological polar surface area (TPSA) is 59.2 Å². The smallest absolute Gasteiger partial charge is 0.259 e. The predicted molar refractivity (Wildman–Crippen MR) is 70.5 cm³/mol. The fourth-order valence-corrected chi connectivity index (χ4v) is 2.32. The van der Waals surface area contributed by atoms with Gasteiger partial charge >= 0.3 is 0 Å². The first-order valence-electron chi connectivity index (χ1n) is 5.86. The van der Waals surface area contributed by atoms with E-state index in [0.29, 0.717) is 12.1 Å². The van der Waals surface area contributed by atoms with Crippen molar-refractivity contribution >= 4 is 17.3 Å². The van der Waals surface area contributed by atoms with E-state index in [0.717, 1.165) is 23.4 Å². The first-order valence-corrected chi connectivity index (χ1v) is 5.86. The van der Waals surface area contributed by atoms with Crippen molar-refractivity contribution in [1.82, 2.24) is 4.98 Å². The number of nitrogens with zero attached hydrogens (tertiary/aromatic N) is 2. The minimum Gasteiger partial charge on any atom is -0.398 e. The molecule has 90 valence electrons. The first kappa shape index (κ1) is 10.8. The standard InChI is InChI=1S/C14H13N3O/c15-12-4-1-5-13-11(12)6-8-17(13)14(18)10-3-2-7-16-9-10/h1-5,7,9H,6,8,15H2. The molecule has 2 aromatic rings. The second-order valence-electron chi connectivity index (χ2n) is 4.29. The van der Waals surface area contributed by atoms with Gasteiger partial charge in [0.1, 0.15) is 0 Å². The Kier molecular flexibility index (Phi) is 2.48. The molecule has 1 aliphatic heterocycles. The van der Waals surface area contributed by atoms with E-state index >= 15 is 0 Å². The molecule has 4 nitrogen and oxygen atoms in total. The van der Waals surface area contributed by atoms with Gasteiger partial charge in [-0.3, -0.25) is 9.78 Å². The highest BCUT2D eigenvalue weighted by Gasteiger charge is 2.26. The highest BCUT2D eigenvalue weighted by Crippen LogP contribution is 2.32. The van der Waals surface area contributed by atoms with Crippen LogP contribution < -0.4 is 10.6 Å². The molecule has 0 spiro atoms. The van der Waals surface area contributed by atoms with Crippen LogP contribution in [0.15, 0.2) is 42.7 Å². The van der Waals surface area contributed by atoms with E-state index in [2.05, 4.69) is 4.98 Å². The summed E-state index contributed by atoms with van der Waals surface area (Å²) in [5.41, 5.74) is 9.27. The molecule has 0 saturated carbocycles. The molecule has 2 N–H and O–H groups in total. The molecule has 0 saturated heterocycles. The quantitative estimate of drug-likeness (QED) is 0.773. The summed E-state index contributed by atoms with van der Waals surface area (Å²) in [4.78, 5) is 18.1. The molecular weight excluding hydrogens is 226 g/mol. The Balaban J connectivity index is 1.98. The number of carbonyl (C=O) groups is 1. The normalized spacial score (nSPS) is 13.4. The minimum atomic E-state index is -0.0209. The van der Waals surface area contributed by atoms with Crippen molar-refractivity contribution < 1.29 is 4.79 Å². The lowest BCUT2D eigenvalue weighted by Crippen LogP contribution is -2.28. The SMILES string of the molecule is Nc1cccc2c1CCN2C(=O)c1cccnc1. The third-order valence-corrected chi connectivity index (χ3v) is 3.22. The lowest BCUT2D eigenvalue weighted by atomic mass is 10.1. The number of benzene rings is 1. The van der Waals surface area contributed by atoms with Gasteiger partial charge in [-0.2, -0.15) is 0 Å². The largest absolute Gasteiger partial charge is 0.398 e. The Bertz CT molecular complexity index is 595. The average Bonchev–Trinajstić information content (AvgIpc) is 2.84. The minimum absolute atomic E-state index is 0.0209. The van der Waals surface area contributed by atoms with Crippen LogP contribution in [-0.4, -0.2) is 17.4 Å². The summed E-state index contributed by atoms with van der Waals surface area (Å²) in [7, 11) is 0. The van der Waals surface area contributed by atoms with Crippen molar-refractivity contribution in [1.29, 1.82) is 0 Å². The van der Waals surface area contributed by atoms with Crippen molar-refractivity contribution in [3.8, 4) is 0 Å². The molecule has 1 aliphatic rings. The maximum Gasteiger partial charge on any atom is 0.259 e. The Morgan fingerprint density at radius 2 is 2.17 bits per heavy atom. The number of anilines is 2. The van der Waals surface area contributed by atoms with Crippen molar-refractivity contribution in [3.63, 3.8) is 0 Å². The summed E-state index contributed by atoms with van der Waals surface area (Å²) in [6.45, 7) is 0.678. The fraction of sp³-hybridized carbons (Fsp3) is 0.143. The molecular formula is C14H13N3O. The molecule has 0 aliphatic carbocycles. The second-order valence-corrected chi connectivity index (χ2v) is 4.29. The van der Waals surface area contributed by atoms with Gasteiger partial charge in [0.25, 0.3) is 5.91 Å². The van der Waals surface area contributed by atoms with E-state index < -0.39 is 0 Å². The zero-order chi connectivity index (χ0) is 12.5. The van der Waals surface area contributed by atoms with Crippen LogP contribution in [-0.2, 0) is 6.42 Å². The zero-order valence-electron chi connectivity index (χ0n) is 9.84. The van der Waals surface area contributed by atoms with Gasteiger partial charge in [0.15, 0.2) is 0 Å². The summed E-state index contributed by atoms with van der Waals surface area (Å²) in [5, 5.41) is 0. The van der Waals surface area contributed by atoms with Crippen molar-refractivity contribution in [2.45, 2.75) is 6.42 Å². The summed E-state index contributed by atoms with van der Waals surface area (Å²) in [6, 6.07) is 9.23. The molecule has 18 heavy (non-hydrogen) atoms. The molecule has 0 atom stereocenters. The molecule has 4 heteroatoms. The number of amides is 1. The van der Waals surface area contributed by atoms with Gasteiger partial charge in [-0.1, -0.05) is 6.07 Å². The summed E-state index contributed by atoms with van der Waals surface area (Å²) >= 11 is 0. The molecule has 1 aromatic carbocycles. The number of carbonyl (C=O) groups excluding carboxylic acids is 1. The number of hydrogen-bond acceptors (Lipinski definition) is 3. The van der Waals surface area contributed by atoms with E-state index in [9.17, 15) is 4.79 Å². The van der Waals surface area contributed by atoms with Crippen molar-refractivity contribution in [2.24, 2.45) is 0 Å². The zero-order valence-corrected chi connectivity index (χ0v) is 9.84. The summed E-state index contributed by atoms with van der Waals surface area (Å²) < 4.78 is 0. The van der Waals surface area contributed by atoms with Gasteiger partial charge in [0, 0.05) is 35.9 Å². The highest BCUT2D eigenvalue weighted by molar-refractivity contribution is 6.07. The van der Waals surface area contributed by atoms with Crippen LogP contribution in [0.2, 0.25) is 0 Å². The molecule has 1 amide bonds. The number of aromatic nitrogens is 1. The molecule has 0 unspecified atom stereocenters. The van der Waals surface area contributed by atoms with E-state index in [1.54, 1.807) is 29.4 Å². The van der Waals surface area contributed by atoms with Crippen molar-refractivity contribution in [2.75, 3.05) is 17.2 Å². The number of fused-ring (bicyclic) bond motifs is 1. The second kappa shape index (κ2) is 4.14. The van der Waals surface area contributed by atoms with Gasteiger partial charge in [0.05, 0.1) is 5.56 Å². The van der Waals surface area contributed by atoms with Crippen LogP contribution in [0.4, 0.5) is 11.4 Å². The first-order chi connectivity index (χ1) is 8.77. The van der Waals surface area contributed by atoms with E-state index in [4.69, 9.17) is 5.73 Å². The molecule has 3 rings (SSSR count). The van der Waals surface area contributed by atoms with Gasteiger partial charge in [-0.25, -0.2) is 0 Å². The predicted octanol–water partition coefficient (Wildman–Crippen LogP) is 1.87. The number of hydrogen-bond donors (Lipinski definition) is 1. The maximum atomic E-state index is 12.4. The number of pyridine rings is 1. The van der Waals surface area contributed by atoms with E-state index in [1.165, 1.54) is 0 Å². The number of nitrogens with two attached hydrogens (primary N) is 1. The van der Waals surface area contributed by atoms with Crippen LogP contribution in [0.25, 0.3) is 0 Å². The lowest BCUT2D eigenvalue weighted by molar-refractivity contribution is 0.0989. The van der Waals surface area contributed by atoms with Crippen LogP contribution in [0.5, 0.6) is 0 Å². The van der Waals surface area contributed by atoms with Crippen LogP contribution in [0.1, 0.15) is 15.9 Å². The van der Waals surface area contributed by atoms with Crippen molar-refractivity contribution in [3.05, 3.63) is 53.9 Å². The average molecular weight is 239 g/mol. The monoisotopic (exact) mass is 239 g/mol. The molecule has 0 radical (unpaired) electrons. The summed E-state index contributed by atoms with van der Waals surface area (Å²) in [5.74, 6) is -0.0209. The van der Waals surface area contributed by atoms with Crippen LogP contribution >= 0.6 is 0 Å². The van der Waals surface area contributed by atoms with Crippen LogP contribution in [0.3, 0.4) is 0 Å². The Hall–Kier alpha value is -2.36. The Morgan fingerprint density at radius 1 is 1.28 bits per heavy atom. The number of nitrogen functional groups attached to an aromatic ring is 1. The van der Waals surface area contributed by atoms with Gasteiger partial charge in [0.2, 0.25) is 0 Å². The Morgan fingerprint density at radius 3 is 2.94 bits per heavy atom. The summed E-state index contributed by atoms with van der Waals surface area (Å²) in [6.07, 6.45) is 4.06. The molecule has 1 aromatic heterocycles. The maximum absolute atomic E-state index is 12.4. The molecule has 0 fully saturated rings. The number of rotatable bonds is 1. The van der Waals surface area contributed by atoms with Crippen LogP contribution in [0, 0.1) is 0 Å². The van der Waals surface area contributed by atoms with E-state index in [1.807, 2.05) is 18.2 Å². The molecule has 2 heterocycles. The lowest BCUT2D eigenvalue weighted by Gasteiger charge is -2.17. The van der Waals surface area contributed by atoms with Gasteiger partial charge in [-0.15, -0.1) is 0 Å². The third-order valence-electron chi connectivity index (χ3n) is 3.22. The highest BCUT2D eigenvalue weighted by atomic mass is 16.2. The third kappa shape index (κ3) is 1.62. The van der Waals surface area contributed by atoms with E-state index in [-0.39, 0.29) is 5.91 Å². The Labute approximate surface area is 105 Å². The fourth-order valence-electron chi connectivity index (χ4n) is 2.32.